The van der Waals surface area contributed by atoms with E-state index in [2.05, 4.69) is 37.4 Å². The fourth-order valence-corrected chi connectivity index (χ4v) is 6.10. The molecule has 0 saturated heterocycles. The van der Waals surface area contributed by atoms with Crippen molar-refractivity contribution in [3.05, 3.63) is 59.7 Å². The molecule has 0 aromatic heterocycles. The van der Waals surface area contributed by atoms with Gasteiger partial charge in [0.25, 0.3) is 0 Å². The second kappa shape index (κ2) is 8.23. The summed E-state index contributed by atoms with van der Waals surface area (Å²) in [5, 5.41) is 3.82. The SMILES string of the molecule is CCCC[C@]1(CC)CS(O)(O)c2c[c]c(OC)cc2[C@@H](c2ccccc2)N1. The predicted octanol–water partition coefficient (Wildman–Crippen LogP) is 5.64. The van der Waals surface area contributed by atoms with Crippen LogP contribution in [0.5, 0.6) is 5.75 Å². The molecule has 1 aliphatic heterocycles. The molecular weight excluding hydrogens is 358 g/mol. The van der Waals surface area contributed by atoms with E-state index >= 15 is 0 Å². The average molecular weight is 389 g/mol. The molecule has 0 spiro atoms. The smallest absolute Gasteiger partial charge is 0.127 e. The number of hydrogen-bond donors (Lipinski definition) is 3. The standard InChI is InChI=1S/C22H30NO3S/c1-4-6-14-22(5-2)16-27(24,25)20-13-12-18(26-3)15-19(20)21(23-22)17-10-8-7-9-11-17/h7-11,13,15,21,23-25H,4-6,14,16H2,1-3H3/t21-,22-/m1/s1. The first kappa shape index (κ1) is 20.2. The lowest BCUT2D eigenvalue weighted by molar-refractivity contribution is 0.290. The largest absolute Gasteiger partial charge is 0.496 e. The van der Waals surface area contributed by atoms with Crippen LogP contribution >= 0.6 is 10.6 Å². The Morgan fingerprint density at radius 3 is 2.63 bits per heavy atom. The van der Waals surface area contributed by atoms with Gasteiger partial charge in [0.05, 0.1) is 23.8 Å². The number of hydrogen-bond acceptors (Lipinski definition) is 4. The van der Waals surface area contributed by atoms with Crippen molar-refractivity contribution in [3.63, 3.8) is 0 Å². The quantitative estimate of drug-likeness (QED) is 0.599. The summed E-state index contributed by atoms with van der Waals surface area (Å²) in [6.07, 6.45) is 3.87. The van der Waals surface area contributed by atoms with E-state index in [0.29, 0.717) is 16.4 Å². The number of benzene rings is 2. The molecule has 0 aliphatic carbocycles. The van der Waals surface area contributed by atoms with Crippen molar-refractivity contribution in [1.29, 1.82) is 0 Å². The van der Waals surface area contributed by atoms with Crippen LogP contribution in [-0.4, -0.2) is 27.5 Å². The summed E-state index contributed by atoms with van der Waals surface area (Å²) in [6, 6.07) is 16.7. The molecule has 3 rings (SSSR count). The molecule has 0 unspecified atom stereocenters. The summed E-state index contributed by atoms with van der Waals surface area (Å²) in [4.78, 5) is 0.580. The maximum absolute atomic E-state index is 11.1. The molecule has 2 aromatic rings. The summed E-state index contributed by atoms with van der Waals surface area (Å²) in [5.41, 5.74) is 1.64. The normalized spacial score (nSPS) is 25.3. The molecule has 0 fully saturated rings. The zero-order valence-corrected chi connectivity index (χ0v) is 17.2. The third-order valence-corrected chi connectivity index (χ3v) is 7.56. The molecule has 1 radical (unpaired) electrons. The van der Waals surface area contributed by atoms with E-state index in [1.807, 2.05) is 24.3 Å². The van der Waals surface area contributed by atoms with Crippen molar-refractivity contribution >= 4 is 10.6 Å². The van der Waals surface area contributed by atoms with Crippen LogP contribution in [0.1, 0.15) is 56.7 Å². The van der Waals surface area contributed by atoms with E-state index < -0.39 is 10.6 Å². The Bertz CT molecular complexity index is 765. The van der Waals surface area contributed by atoms with Gasteiger partial charge in [-0.3, -0.25) is 14.4 Å². The van der Waals surface area contributed by atoms with Crippen molar-refractivity contribution in [3.8, 4) is 5.75 Å². The molecule has 2 aromatic carbocycles. The molecule has 2 atom stereocenters. The van der Waals surface area contributed by atoms with Crippen LogP contribution in [0.2, 0.25) is 0 Å². The fraction of sp³-hybridized carbons (Fsp3) is 0.455. The first-order valence-electron chi connectivity index (χ1n) is 9.63. The van der Waals surface area contributed by atoms with Crippen molar-refractivity contribution in [2.45, 2.75) is 56.0 Å². The minimum absolute atomic E-state index is 0.129. The van der Waals surface area contributed by atoms with E-state index in [1.54, 1.807) is 13.2 Å². The monoisotopic (exact) mass is 388 g/mol. The van der Waals surface area contributed by atoms with E-state index in [0.717, 1.165) is 36.8 Å². The lowest BCUT2D eigenvalue weighted by atomic mass is 9.88. The van der Waals surface area contributed by atoms with Crippen molar-refractivity contribution < 1.29 is 13.8 Å². The fourth-order valence-electron chi connectivity index (χ4n) is 3.94. The van der Waals surface area contributed by atoms with Gasteiger partial charge in [0.2, 0.25) is 0 Å². The first-order chi connectivity index (χ1) is 12.9. The van der Waals surface area contributed by atoms with Crippen LogP contribution < -0.4 is 10.1 Å². The van der Waals surface area contributed by atoms with E-state index in [-0.39, 0.29) is 11.6 Å². The summed E-state index contributed by atoms with van der Waals surface area (Å²) in [7, 11) is -1.34. The lowest BCUT2D eigenvalue weighted by Gasteiger charge is -2.42. The molecule has 5 heteroatoms. The Kier molecular flexibility index (Phi) is 6.16. The van der Waals surface area contributed by atoms with Gasteiger partial charge in [0.15, 0.2) is 0 Å². The van der Waals surface area contributed by atoms with Crippen LogP contribution in [0, 0.1) is 6.07 Å². The molecule has 27 heavy (non-hydrogen) atoms. The highest BCUT2D eigenvalue weighted by Gasteiger charge is 2.41. The zero-order chi connectivity index (χ0) is 19.5. The molecule has 4 nitrogen and oxygen atoms in total. The lowest BCUT2D eigenvalue weighted by Crippen LogP contribution is -2.49. The van der Waals surface area contributed by atoms with Gasteiger partial charge in [-0.2, -0.15) is 10.6 Å². The number of rotatable bonds is 6. The number of fused-ring (bicyclic) bond motifs is 1. The van der Waals surface area contributed by atoms with Gasteiger partial charge in [0, 0.05) is 17.2 Å². The van der Waals surface area contributed by atoms with Crippen molar-refractivity contribution in [2.24, 2.45) is 0 Å². The van der Waals surface area contributed by atoms with Crippen LogP contribution in [0.15, 0.2) is 47.4 Å². The molecule has 3 N–H and O–H groups in total. The maximum Gasteiger partial charge on any atom is 0.127 e. The summed E-state index contributed by atoms with van der Waals surface area (Å²) < 4.78 is 27.7. The molecular formula is C22H30NO3S. The Hall–Kier alpha value is -1.53. The Morgan fingerprint density at radius 1 is 1.26 bits per heavy atom. The van der Waals surface area contributed by atoms with Gasteiger partial charge >= 0.3 is 0 Å². The van der Waals surface area contributed by atoms with E-state index in [9.17, 15) is 9.11 Å². The van der Waals surface area contributed by atoms with Crippen molar-refractivity contribution in [2.75, 3.05) is 12.9 Å². The van der Waals surface area contributed by atoms with Gasteiger partial charge in [-0.25, -0.2) is 0 Å². The number of ether oxygens (including phenoxy) is 1. The Labute approximate surface area is 164 Å². The van der Waals surface area contributed by atoms with Gasteiger partial charge in [-0.15, -0.1) is 0 Å². The van der Waals surface area contributed by atoms with Crippen LogP contribution in [0.4, 0.5) is 0 Å². The highest BCUT2D eigenvalue weighted by Crippen LogP contribution is 2.57. The van der Waals surface area contributed by atoms with E-state index in [1.165, 1.54) is 0 Å². The number of nitrogens with one attached hydrogen (secondary N) is 1. The van der Waals surface area contributed by atoms with Gasteiger partial charge < -0.3 is 4.74 Å². The third-order valence-electron chi connectivity index (χ3n) is 5.55. The highest BCUT2D eigenvalue weighted by molar-refractivity contribution is 8.24. The number of unbranched alkanes of at least 4 members (excludes halogenated alkanes) is 1. The second-order valence-electron chi connectivity index (χ2n) is 7.36. The first-order valence-corrected chi connectivity index (χ1v) is 11.3. The Balaban J connectivity index is 2.18. The molecule has 147 valence electrons. The van der Waals surface area contributed by atoms with Crippen LogP contribution in [-0.2, 0) is 0 Å². The van der Waals surface area contributed by atoms with Gasteiger partial charge in [0.1, 0.15) is 5.75 Å². The van der Waals surface area contributed by atoms with E-state index in [4.69, 9.17) is 4.74 Å². The number of methoxy groups -OCH3 is 1. The summed E-state index contributed by atoms with van der Waals surface area (Å²) in [6.45, 7) is 4.30. The molecule has 0 bridgehead atoms. The van der Waals surface area contributed by atoms with Crippen molar-refractivity contribution in [1.82, 2.24) is 5.32 Å². The molecule has 0 amide bonds. The molecule has 1 heterocycles. The minimum Gasteiger partial charge on any atom is -0.496 e. The van der Waals surface area contributed by atoms with Crippen LogP contribution in [0.3, 0.4) is 0 Å². The van der Waals surface area contributed by atoms with Gasteiger partial charge in [-0.05, 0) is 30.5 Å². The molecule has 0 saturated carbocycles. The summed E-state index contributed by atoms with van der Waals surface area (Å²) >= 11 is 0. The molecule has 1 aliphatic rings. The highest BCUT2D eigenvalue weighted by atomic mass is 32.3. The second-order valence-corrected chi connectivity index (χ2v) is 9.42. The predicted molar refractivity (Wildman–Crippen MR) is 112 cm³/mol. The summed E-state index contributed by atoms with van der Waals surface area (Å²) in [5.74, 6) is 0.928. The average Bonchev–Trinajstić information content (AvgIpc) is 2.79. The minimum atomic E-state index is -2.94. The third kappa shape index (κ3) is 4.16. The Morgan fingerprint density at radius 2 is 2.00 bits per heavy atom. The maximum atomic E-state index is 11.1. The zero-order valence-electron chi connectivity index (χ0n) is 16.4. The topological polar surface area (TPSA) is 61.7 Å². The van der Waals surface area contributed by atoms with Crippen LogP contribution in [0.25, 0.3) is 0 Å². The van der Waals surface area contributed by atoms with Gasteiger partial charge in [-0.1, -0.05) is 57.0 Å².